The average Bonchev–Trinajstić information content (AvgIpc) is 2.68. The summed E-state index contributed by atoms with van der Waals surface area (Å²) in [6.07, 6.45) is 1.78. The lowest BCUT2D eigenvalue weighted by Gasteiger charge is -2.29. The van der Waals surface area contributed by atoms with Gasteiger partial charge in [-0.3, -0.25) is 4.79 Å². The van der Waals surface area contributed by atoms with Crippen molar-refractivity contribution in [1.82, 2.24) is 10.3 Å². The highest BCUT2D eigenvalue weighted by Gasteiger charge is 2.15. The topological polar surface area (TPSA) is 75.7 Å². The van der Waals surface area contributed by atoms with E-state index in [2.05, 4.69) is 20.5 Å². The number of amides is 1. The van der Waals surface area contributed by atoms with E-state index < -0.39 is 0 Å². The molecular weight excluding hydrogens is 356 g/mol. The maximum atomic E-state index is 12.5. The van der Waals surface area contributed by atoms with Crippen LogP contribution in [-0.2, 0) is 0 Å². The molecule has 0 unspecified atom stereocenters. The first kappa shape index (κ1) is 19.8. The highest BCUT2D eigenvalue weighted by Crippen LogP contribution is 2.25. The molecule has 2 aromatic rings. The lowest BCUT2D eigenvalue weighted by atomic mass is 10.1. The van der Waals surface area contributed by atoms with E-state index in [1.807, 2.05) is 12.1 Å². The summed E-state index contributed by atoms with van der Waals surface area (Å²) in [7, 11) is 3.09. The Balaban J connectivity index is 0.00000243. The third kappa shape index (κ3) is 4.56. The number of anilines is 2. The Morgan fingerprint density at radius 3 is 2.54 bits per heavy atom. The maximum Gasteiger partial charge on any atom is 0.260 e. The number of benzene rings is 1. The second-order valence-electron chi connectivity index (χ2n) is 5.66. The van der Waals surface area contributed by atoms with Gasteiger partial charge in [0.1, 0.15) is 17.3 Å². The van der Waals surface area contributed by atoms with Crippen molar-refractivity contribution in [3.63, 3.8) is 0 Å². The fourth-order valence-corrected chi connectivity index (χ4v) is 2.74. The Bertz CT molecular complexity index is 734. The molecule has 2 heterocycles. The van der Waals surface area contributed by atoms with E-state index in [9.17, 15) is 4.79 Å². The van der Waals surface area contributed by atoms with Crippen LogP contribution in [0.5, 0.6) is 11.5 Å². The summed E-state index contributed by atoms with van der Waals surface area (Å²) in [4.78, 5) is 19.1. The molecule has 1 aliphatic heterocycles. The molecule has 26 heavy (non-hydrogen) atoms. The second kappa shape index (κ2) is 9.26. The van der Waals surface area contributed by atoms with Crippen molar-refractivity contribution in [2.24, 2.45) is 0 Å². The number of carbonyl (C=O) groups is 1. The summed E-state index contributed by atoms with van der Waals surface area (Å²) in [5.41, 5.74) is 1.48. The molecule has 1 amide bonds. The van der Waals surface area contributed by atoms with Gasteiger partial charge in [-0.05, 0) is 24.3 Å². The number of halogens is 1. The van der Waals surface area contributed by atoms with Crippen molar-refractivity contribution >= 4 is 29.8 Å². The van der Waals surface area contributed by atoms with E-state index in [1.165, 1.54) is 7.11 Å². The molecule has 7 nitrogen and oxygen atoms in total. The van der Waals surface area contributed by atoms with Crippen LogP contribution in [0, 0.1) is 0 Å². The van der Waals surface area contributed by atoms with Gasteiger partial charge in [0.15, 0.2) is 0 Å². The van der Waals surface area contributed by atoms with Crippen molar-refractivity contribution < 1.29 is 14.3 Å². The molecule has 0 spiro atoms. The zero-order chi connectivity index (χ0) is 17.6. The second-order valence-corrected chi connectivity index (χ2v) is 5.66. The highest BCUT2D eigenvalue weighted by atomic mass is 35.5. The summed E-state index contributed by atoms with van der Waals surface area (Å²) >= 11 is 0. The molecule has 0 atom stereocenters. The Morgan fingerprint density at radius 2 is 1.92 bits per heavy atom. The molecule has 1 saturated heterocycles. The van der Waals surface area contributed by atoms with Gasteiger partial charge in [0, 0.05) is 32.2 Å². The molecule has 0 saturated carbocycles. The minimum atomic E-state index is -0.276. The molecule has 0 radical (unpaired) electrons. The number of aromatic nitrogens is 1. The van der Waals surface area contributed by atoms with Gasteiger partial charge in [-0.2, -0.15) is 0 Å². The first-order valence-electron chi connectivity index (χ1n) is 8.16. The van der Waals surface area contributed by atoms with E-state index in [0.29, 0.717) is 22.9 Å². The SMILES string of the molecule is COc1ccc(C(=O)Nc2ccc(N3CCNCC3)cn2)c(OC)c1.Cl. The number of methoxy groups -OCH3 is 2. The number of ether oxygens (including phenoxy) is 2. The largest absolute Gasteiger partial charge is 0.497 e. The normalized spacial score (nSPS) is 13.5. The van der Waals surface area contributed by atoms with E-state index in [1.54, 1.807) is 31.5 Å². The fraction of sp³-hybridized carbons (Fsp3) is 0.333. The molecule has 1 aromatic carbocycles. The number of hydrogen-bond acceptors (Lipinski definition) is 6. The molecule has 8 heteroatoms. The quantitative estimate of drug-likeness (QED) is 0.830. The molecule has 0 bridgehead atoms. The summed E-state index contributed by atoms with van der Waals surface area (Å²) in [5, 5.41) is 6.12. The Morgan fingerprint density at radius 1 is 1.15 bits per heavy atom. The molecule has 0 aliphatic carbocycles. The molecule has 3 rings (SSSR count). The van der Waals surface area contributed by atoms with Crippen molar-refractivity contribution in [2.75, 3.05) is 50.6 Å². The van der Waals surface area contributed by atoms with Crippen LogP contribution in [0.4, 0.5) is 11.5 Å². The van der Waals surface area contributed by atoms with Crippen LogP contribution in [0.1, 0.15) is 10.4 Å². The molecule has 2 N–H and O–H groups in total. The van der Waals surface area contributed by atoms with Crippen LogP contribution >= 0.6 is 12.4 Å². The van der Waals surface area contributed by atoms with Crippen molar-refractivity contribution in [3.05, 3.63) is 42.1 Å². The fourth-order valence-electron chi connectivity index (χ4n) is 2.74. The van der Waals surface area contributed by atoms with Crippen LogP contribution in [0.25, 0.3) is 0 Å². The van der Waals surface area contributed by atoms with Crippen LogP contribution in [0.3, 0.4) is 0 Å². The molecule has 140 valence electrons. The van der Waals surface area contributed by atoms with E-state index in [0.717, 1.165) is 31.9 Å². The van der Waals surface area contributed by atoms with Gasteiger partial charge in [0.2, 0.25) is 0 Å². The third-order valence-corrected chi connectivity index (χ3v) is 4.12. The third-order valence-electron chi connectivity index (χ3n) is 4.12. The summed E-state index contributed by atoms with van der Waals surface area (Å²) in [6.45, 7) is 3.85. The summed E-state index contributed by atoms with van der Waals surface area (Å²) in [6, 6.07) is 8.85. The zero-order valence-corrected chi connectivity index (χ0v) is 15.6. The Labute approximate surface area is 159 Å². The maximum absolute atomic E-state index is 12.5. The number of pyridine rings is 1. The molecule has 1 aromatic heterocycles. The summed E-state index contributed by atoms with van der Waals surface area (Å²) in [5.74, 6) is 1.31. The van der Waals surface area contributed by atoms with E-state index >= 15 is 0 Å². The van der Waals surface area contributed by atoms with Crippen LogP contribution < -0.4 is 25.0 Å². The lowest BCUT2D eigenvalue weighted by molar-refractivity contribution is 0.102. The standard InChI is InChI=1S/C18H22N4O3.ClH/c1-24-14-4-5-15(16(11-14)25-2)18(23)21-17-6-3-13(12-20-17)22-9-7-19-8-10-22;/h3-6,11-12,19H,7-10H2,1-2H3,(H,20,21,23);1H. The predicted octanol–water partition coefficient (Wildman–Crippen LogP) is 2.18. The number of piperazine rings is 1. The number of hydrogen-bond donors (Lipinski definition) is 2. The van der Waals surface area contributed by atoms with Crippen molar-refractivity contribution in [1.29, 1.82) is 0 Å². The number of carbonyl (C=O) groups excluding carboxylic acids is 1. The Kier molecular flexibility index (Phi) is 7.06. The zero-order valence-electron chi connectivity index (χ0n) is 14.8. The van der Waals surface area contributed by atoms with Gasteiger partial charge in [-0.15, -0.1) is 12.4 Å². The lowest BCUT2D eigenvalue weighted by Crippen LogP contribution is -2.43. The minimum Gasteiger partial charge on any atom is -0.497 e. The van der Waals surface area contributed by atoms with Crippen LogP contribution in [-0.4, -0.2) is 51.3 Å². The van der Waals surface area contributed by atoms with Crippen LogP contribution in [0.15, 0.2) is 36.5 Å². The minimum absolute atomic E-state index is 0. The Hall–Kier alpha value is -2.51. The van der Waals surface area contributed by atoms with Crippen molar-refractivity contribution in [2.45, 2.75) is 0 Å². The average molecular weight is 379 g/mol. The molecule has 1 aliphatic rings. The first-order chi connectivity index (χ1) is 12.2. The molecular formula is C18H23ClN4O3. The van der Waals surface area contributed by atoms with Crippen LogP contribution in [0.2, 0.25) is 0 Å². The first-order valence-corrected chi connectivity index (χ1v) is 8.16. The van der Waals surface area contributed by atoms with Gasteiger partial charge in [0.25, 0.3) is 5.91 Å². The van der Waals surface area contributed by atoms with Gasteiger partial charge in [0.05, 0.1) is 31.7 Å². The van der Waals surface area contributed by atoms with Gasteiger partial charge >= 0.3 is 0 Å². The van der Waals surface area contributed by atoms with Gasteiger partial charge < -0.3 is 25.0 Å². The number of nitrogens with one attached hydrogen (secondary N) is 2. The highest BCUT2D eigenvalue weighted by molar-refractivity contribution is 6.05. The van der Waals surface area contributed by atoms with Gasteiger partial charge in [-0.1, -0.05) is 0 Å². The number of rotatable bonds is 5. The smallest absolute Gasteiger partial charge is 0.260 e. The monoisotopic (exact) mass is 378 g/mol. The van der Waals surface area contributed by atoms with E-state index in [4.69, 9.17) is 9.47 Å². The van der Waals surface area contributed by atoms with Gasteiger partial charge in [-0.25, -0.2) is 4.98 Å². The predicted molar refractivity (Wildman–Crippen MR) is 104 cm³/mol. The van der Waals surface area contributed by atoms with E-state index in [-0.39, 0.29) is 18.3 Å². The number of nitrogens with zero attached hydrogens (tertiary/aromatic N) is 2. The van der Waals surface area contributed by atoms with Crippen molar-refractivity contribution in [3.8, 4) is 11.5 Å². The summed E-state index contributed by atoms with van der Waals surface area (Å²) < 4.78 is 10.4. The molecule has 1 fully saturated rings.